The number of carboxylic acid groups (broad SMARTS) is 1. The highest BCUT2D eigenvalue weighted by Crippen LogP contribution is 2.40. The lowest BCUT2D eigenvalue weighted by atomic mass is 9.71. The number of carboxylic acids is 1. The highest BCUT2D eigenvalue weighted by atomic mass is 16.4. The Kier molecular flexibility index (Phi) is 7.77. The van der Waals surface area contributed by atoms with Crippen molar-refractivity contribution in [1.82, 2.24) is 0 Å². The number of aliphatic hydroxyl groups is 1. The molecule has 1 aliphatic rings. The Morgan fingerprint density at radius 3 is 2.50 bits per heavy atom. The maximum Gasteiger partial charge on any atom is 0.306 e. The number of anilines is 1. The van der Waals surface area contributed by atoms with E-state index in [2.05, 4.69) is 5.32 Å². The van der Waals surface area contributed by atoms with Gasteiger partial charge >= 0.3 is 5.97 Å². The summed E-state index contributed by atoms with van der Waals surface area (Å²) in [6.07, 6.45) is -0.321. The summed E-state index contributed by atoms with van der Waals surface area (Å²) in [5, 5.41) is 22.6. The number of fused-ring (bicyclic) bond motifs is 1. The number of rotatable bonds is 10. The van der Waals surface area contributed by atoms with Crippen LogP contribution in [0.15, 0.2) is 24.3 Å². The molecule has 0 aliphatic carbocycles. The lowest BCUT2D eigenvalue weighted by Gasteiger charge is -2.35. The van der Waals surface area contributed by atoms with Crippen LogP contribution in [0.3, 0.4) is 0 Å². The van der Waals surface area contributed by atoms with Crippen molar-refractivity contribution in [3.05, 3.63) is 29.8 Å². The van der Waals surface area contributed by atoms with Crippen LogP contribution >= 0.6 is 0 Å². The molecule has 7 nitrogen and oxygen atoms in total. The molecule has 1 aromatic rings. The summed E-state index contributed by atoms with van der Waals surface area (Å²) in [6.45, 7) is 7.29. The molecule has 0 amide bonds. The van der Waals surface area contributed by atoms with Gasteiger partial charge in [0.15, 0.2) is 0 Å². The zero-order valence-corrected chi connectivity index (χ0v) is 18.2. The molecule has 0 aromatic heterocycles. The first kappa shape index (κ1) is 24.0. The number of aliphatic hydroxyl groups excluding tert-OH is 1. The maximum atomic E-state index is 13.3. The Bertz CT molecular complexity index is 792. The molecule has 1 aromatic carbocycles. The van der Waals surface area contributed by atoms with Crippen molar-refractivity contribution in [3.63, 3.8) is 0 Å². The first-order valence-electron chi connectivity index (χ1n) is 10.5. The first-order valence-corrected chi connectivity index (χ1v) is 10.5. The molecule has 5 N–H and O–H groups in total. The molecular formula is C23H34N2O5. The Morgan fingerprint density at radius 1 is 1.27 bits per heavy atom. The molecule has 0 saturated heterocycles. The number of para-hydroxylation sites is 1. The lowest BCUT2D eigenvalue weighted by Crippen LogP contribution is -2.42. The molecule has 0 bridgehead atoms. The van der Waals surface area contributed by atoms with Gasteiger partial charge in [-0.05, 0) is 36.8 Å². The number of nitrogens with one attached hydrogen (secondary N) is 1. The molecule has 166 valence electrons. The molecule has 2 rings (SSSR count). The van der Waals surface area contributed by atoms with Gasteiger partial charge in [-0.2, -0.15) is 0 Å². The summed E-state index contributed by atoms with van der Waals surface area (Å²) in [5.74, 6) is -2.64. The monoisotopic (exact) mass is 418 g/mol. The lowest BCUT2D eigenvalue weighted by molar-refractivity contribution is -0.142. The van der Waals surface area contributed by atoms with Crippen molar-refractivity contribution in [2.45, 2.75) is 65.0 Å². The number of hydrogen-bond donors (Lipinski definition) is 4. The number of ketones is 2. The predicted octanol–water partition coefficient (Wildman–Crippen LogP) is 2.58. The van der Waals surface area contributed by atoms with E-state index in [-0.39, 0.29) is 24.4 Å². The molecule has 7 heteroatoms. The Morgan fingerprint density at radius 2 is 1.90 bits per heavy atom. The molecule has 30 heavy (non-hydrogen) atoms. The van der Waals surface area contributed by atoms with Crippen LogP contribution in [0.1, 0.15) is 58.4 Å². The number of carbonyl (C=O) groups excluding carboxylic acids is 2. The van der Waals surface area contributed by atoms with E-state index in [1.54, 1.807) is 0 Å². The smallest absolute Gasteiger partial charge is 0.306 e. The van der Waals surface area contributed by atoms with E-state index in [9.17, 15) is 19.5 Å². The molecule has 0 fully saturated rings. The molecule has 1 heterocycles. The van der Waals surface area contributed by atoms with Crippen LogP contribution in [0.5, 0.6) is 0 Å². The quantitative estimate of drug-likeness (QED) is 0.459. The van der Waals surface area contributed by atoms with Crippen LogP contribution in [0.4, 0.5) is 5.69 Å². The summed E-state index contributed by atoms with van der Waals surface area (Å²) < 4.78 is 0. The highest BCUT2D eigenvalue weighted by Gasteiger charge is 2.39. The topological polar surface area (TPSA) is 130 Å². The minimum absolute atomic E-state index is 0.0188. The van der Waals surface area contributed by atoms with E-state index in [1.807, 2.05) is 38.1 Å². The number of hydrogen-bond acceptors (Lipinski definition) is 6. The number of nitrogens with two attached hydrogens (primary N) is 1. The van der Waals surface area contributed by atoms with Crippen LogP contribution in [0.25, 0.3) is 0 Å². The first-order chi connectivity index (χ1) is 13.9. The van der Waals surface area contributed by atoms with Gasteiger partial charge in [0.1, 0.15) is 11.6 Å². The Balaban J connectivity index is 2.12. The SMILES string of the molecule is CC(=O)[C@H]1CNc2ccccc2[C@H]1C(=O)CC(C)(C)C[C@H](N)[C@@H](O)C[C@@H](C)C(=O)O. The fourth-order valence-corrected chi connectivity index (χ4v) is 4.33. The number of benzene rings is 1. The summed E-state index contributed by atoms with van der Waals surface area (Å²) in [5.41, 5.74) is 7.34. The Hall–Kier alpha value is -2.25. The molecule has 0 radical (unpaired) electrons. The van der Waals surface area contributed by atoms with Crippen molar-refractivity contribution in [2.24, 2.45) is 23.0 Å². The van der Waals surface area contributed by atoms with E-state index < -0.39 is 41.3 Å². The maximum absolute atomic E-state index is 13.3. The van der Waals surface area contributed by atoms with Gasteiger partial charge < -0.3 is 21.3 Å². The average Bonchev–Trinajstić information content (AvgIpc) is 2.65. The summed E-state index contributed by atoms with van der Waals surface area (Å²) in [7, 11) is 0. The van der Waals surface area contributed by atoms with Crippen LogP contribution in [-0.4, -0.2) is 46.4 Å². The molecule has 0 unspecified atom stereocenters. The number of carbonyl (C=O) groups is 3. The summed E-state index contributed by atoms with van der Waals surface area (Å²) in [4.78, 5) is 36.6. The van der Waals surface area contributed by atoms with Crippen molar-refractivity contribution < 1.29 is 24.6 Å². The van der Waals surface area contributed by atoms with Crippen molar-refractivity contribution in [1.29, 1.82) is 0 Å². The van der Waals surface area contributed by atoms with Crippen molar-refractivity contribution in [3.8, 4) is 0 Å². The molecular weight excluding hydrogens is 384 g/mol. The van der Waals surface area contributed by atoms with Crippen LogP contribution in [0.2, 0.25) is 0 Å². The molecule has 0 spiro atoms. The minimum atomic E-state index is -0.976. The highest BCUT2D eigenvalue weighted by molar-refractivity contribution is 5.95. The fraction of sp³-hybridized carbons (Fsp3) is 0.609. The third-order valence-corrected chi connectivity index (χ3v) is 6.03. The van der Waals surface area contributed by atoms with Gasteiger partial charge in [0.05, 0.1) is 17.9 Å². The van der Waals surface area contributed by atoms with E-state index in [0.29, 0.717) is 13.0 Å². The summed E-state index contributed by atoms with van der Waals surface area (Å²) in [6, 6.07) is 6.91. The standard InChI is InChI=1S/C23H34N2O5/c1-13(22(29)30)9-19(27)17(24)10-23(3,4)11-20(28)21-15-7-5-6-8-18(15)25-12-16(21)14(2)26/h5-8,13,16-17,19,21,25,27H,9-12,24H2,1-4H3,(H,29,30)/t13-,16-,17+,19+,21-/m1/s1. The normalized spacial score (nSPS) is 21.7. The third kappa shape index (κ3) is 5.89. The second kappa shape index (κ2) is 9.71. The predicted molar refractivity (Wildman–Crippen MR) is 115 cm³/mol. The van der Waals surface area contributed by atoms with E-state index in [1.165, 1.54) is 13.8 Å². The Labute approximate surface area is 178 Å². The average molecular weight is 419 g/mol. The van der Waals surface area contributed by atoms with E-state index in [0.717, 1.165) is 11.3 Å². The minimum Gasteiger partial charge on any atom is -0.481 e. The number of aliphatic carboxylic acids is 1. The molecule has 5 atom stereocenters. The fourth-order valence-electron chi connectivity index (χ4n) is 4.33. The second-order valence-electron chi connectivity index (χ2n) is 9.38. The zero-order chi connectivity index (χ0) is 22.6. The van der Waals surface area contributed by atoms with Gasteiger partial charge in [-0.25, -0.2) is 0 Å². The molecule has 0 saturated carbocycles. The van der Waals surface area contributed by atoms with Crippen LogP contribution < -0.4 is 11.1 Å². The van der Waals surface area contributed by atoms with Gasteiger partial charge in [-0.15, -0.1) is 0 Å². The zero-order valence-electron chi connectivity index (χ0n) is 18.2. The van der Waals surface area contributed by atoms with Gasteiger partial charge in [0, 0.05) is 30.6 Å². The molecule has 1 aliphatic heterocycles. The van der Waals surface area contributed by atoms with Crippen molar-refractivity contribution in [2.75, 3.05) is 11.9 Å². The van der Waals surface area contributed by atoms with Crippen LogP contribution in [-0.2, 0) is 14.4 Å². The largest absolute Gasteiger partial charge is 0.481 e. The third-order valence-electron chi connectivity index (χ3n) is 6.03. The van der Waals surface area contributed by atoms with Gasteiger partial charge in [0.2, 0.25) is 0 Å². The second-order valence-corrected chi connectivity index (χ2v) is 9.38. The van der Waals surface area contributed by atoms with Crippen molar-refractivity contribution >= 4 is 23.2 Å². The summed E-state index contributed by atoms with van der Waals surface area (Å²) >= 11 is 0. The number of Topliss-reactive ketones (excluding diaryl/α,β-unsaturated/α-hetero) is 2. The van der Waals surface area contributed by atoms with E-state index >= 15 is 0 Å². The van der Waals surface area contributed by atoms with Gasteiger partial charge in [-0.1, -0.05) is 39.0 Å². The van der Waals surface area contributed by atoms with Crippen LogP contribution in [0, 0.1) is 17.3 Å². The van der Waals surface area contributed by atoms with Gasteiger partial charge in [-0.3, -0.25) is 14.4 Å². The van der Waals surface area contributed by atoms with Gasteiger partial charge in [0.25, 0.3) is 0 Å². The van der Waals surface area contributed by atoms with E-state index in [4.69, 9.17) is 10.8 Å².